The lowest BCUT2D eigenvalue weighted by Crippen LogP contribution is -2.30. The van der Waals surface area contributed by atoms with Crippen molar-refractivity contribution in [2.24, 2.45) is 0 Å². The van der Waals surface area contributed by atoms with E-state index in [1.165, 1.54) is 185 Å². The van der Waals surface area contributed by atoms with E-state index in [0.29, 0.717) is 0 Å². The van der Waals surface area contributed by atoms with Crippen LogP contribution < -0.4 is 0 Å². The number of hydrogen-bond acceptors (Lipinski definition) is 4. The first kappa shape index (κ1) is 56.9. The molecule has 0 aliphatic heterocycles. The van der Waals surface area contributed by atoms with E-state index in [0.717, 1.165) is 7.57 Å². The molecule has 0 saturated carbocycles. The van der Waals surface area contributed by atoms with E-state index in [-0.39, 0.29) is 0 Å². The van der Waals surface area contributed by atoms with Gasteiger partial charge >= 0.3 is 0 Å². The van der Waals surface area contributed by atoms with E-state index in [4.69, 9.17) is 0 Å². The lowest BCUT2D eigenvalue weighted by Gasteiger charge is -2.36. The molecule has 14 aromatic rings. The number of thiophene rings is 4. The quantitative estimate of drug-likeness (QED) is 0.142. The fraction of sp³-hybridized carbons (Fsp3) is 0.140. The van der Waals surface area contributed by atoms with Gasteiger partial charge in [-0.05, 0) is 224 Å². The van der Waals surface area contributed by atoms with Crippen LogP contribution in [0.1, 0.15) is 134 Å². The van der Waals surface area contributed by atoms with E-state index in [1.807, 2.05) is 22.7 Å². The number of hydrogen-bond donors (Lipinski definition) is 0. The van der Waals surface area contributed by atoms with Gasteiger partial charge in [0.25, 0.3) is 0 Å². The molecule has 0 fully saturated rings. The molecular formula is C86H62Br2S4. The second-order valence-electron chi connectivity index (χ2n) is 26.7. The molecule has 0 bridgehead atoms. The Morgan fingerprint density at radius 3 is 0.641 bits per heavy atom. The summed E-state index contributed by atoms with van der Waals surface area (Å²) in [6.07, 6.45) is 0. The second kappa shape index (κ2) is 20.4. The predicted octanol–water partition coefficient (Wildman–Crippen LogP) is 24.5. The van der Waals surface area contributed by atoms with E-state index >= 15 is 0 Å². The van der Waals surface area contributed by atoms with Gasteiger partial charge in [0.05, 0.1) is 38.6 Å². The van der Waals surface area contributed by atoms with Crippen LogP contribution in [0.4, 0.5) is 0 Å². The standard InChI is InChI=1S/C86H62Br2S4/c1-47-9-25-55(26-10-47)83(56-27-11-48(2)12-28-56)67-43-65-69(41-63(67)77-71(83)45-73(87)89-77)85(59-33-17-51(5)18-34-59,60-35-19-52(6)20-36-60)75-79(65)91-82-76-80(92-81(75)82)66-44-68-64(42-70(66)86(76,61-37-21-53(7)22-38-61)62-39-23-54(8)24-40-62)78-72(46-74(88)90-78)84(68,57-29-13-49(3)14-30-57)58-31-15-50(4)16-32-58/h9-46H,1-8H3. The summed E-state index contributed by atoms with van der Waals surface area (Å²) in [5.74, 6) is 0. The molecule has 0 saturated heterocycles. The van der Waals surface area contributed by atoms with Gasteiger partial charge in [0.2, 0.25) is 0 Å². The maximum absolute atomic E-state index is 4.11. The first-order valence-electron chi connectivity index (χ1n) is 31.8. The van der Waals surface area contributed by atoms with Gasteiger partial charge in [0.1, 0.15) is 0 Å². The number of fused-ring (bicyclic) bond motifs is 15. The summed E-state index contributed by atoms with van der Waals surface area (Å²) in [7, 11) is 0. The molecular weight excluding hydrogens is 1320 g/mol. The molecule has 4 aromatic heterocycles. The molecule has 0 N–H and O–H groups in total. The number of benzene rings is 10. The minimum atomic E-state index is -0.698. The molecule has 92 heavy (non-hydrogen) atoms. The predicted molar refractivity (Wildman–Crippen MR) is 398 cm³/mol. The summed E-state index contributed by atoms with van der Waals surface area (Å²) >= 11 is 16.1. The van der Waals surface area contributed by atoms with Crippen LogP contribution in [-0.2, 0) is 21.7 Å². The van der Waals surface area contributed by atoms with Crippen LogP contribution in [0, 0.1) is 55.4 Å². The van der Waals surface area contributed by atoms with Gasteiger partial charge in [-0.1, -0.05) is 239 Å². The normalized spacial score (nSPS) is 15.2. The molecule has 0 radical (unpaired) electrons. The van der Waals surface area contributed by atoms with Gasteiger partial charge < -0.3 is 0 Å². The average molecular weight is 1380 g/mol. The largest absolute Gasteiger partial charge is 0.134 e. The van der Waals surface area contributed by atoms with Gasteiger partial charge in [0, 0.05) is 30.6 Å². The first-order chi connectivity index (χ1) is 44.6. The van der Waals surface area contributed by atoms with E-state index in [9.17, 15) is 0 Å². The Kier molecular flexibility index (Phi) is 12.6. The minimum Gasteiger partial charge on any atom is -0.134 e. The van der Waals surface area contributed by atoms with E-state index in [2.05, 4.69) is 340 Å². The molecule has 0 spiro atoms. The summed E-state index contributed by atoms with van der Waals surface area (Å²) in [6.45, 7) is 17.8. The van der Waals surface area contributed by atoms with Gasteiger partial charge in [-0.15, -0.1) is 45.3 Å². The van der Waals surface area contributed by atoms with E-state index < -0.39 is 21.7 Å². The van der Waals surface area contributed by atoms with Crippen molar-refractivity contribution in [2.45, 2.75) is 77.0 Å². The van der Waals surface area contributed by atoms with Crippen molar-refractivity contribution in [1.29, 1.82) is 0 Å². The van der Waals surface area contributed by atoms with Gasteiger partial charge in [-0.3, -0.25) is 0 Å². The van der Waals surface area contributed by atoms with Crippen LogP contribution in [0.15, 0.2) is 238 Å². The molecule has 0 unspecified atom stereocenters. The highest BCUT2D eigenvalue weighted by Crippen LogP contribution is 2.72. The Bertz CT molecular complexity index is 4860. The summed E-state index contributed by atoms with van der Waals surface area (Å²) in [6, 6.07) is 91.8. The van der Waals surface area contributed by atoms with Crippen molar-refractivity contribution >= 4 is 86.6 Å². The Labute approximate surface area is 571 Å². The summed E-state index contributed by atoms with van der Waals surface area (Å²) < 4.78 is 5.03. The summed E-state index contributed by atoms with van der Waals surface area (Å²) in [5, 5.41) is 0. The average Bonchev–Trinajstić information content (AvgIpc) is 1.48. The fourth-order valence-electron chi connectivity index (χ4n) is 17.0. The molecule has 444 valence electrons. The van der Waals surface area contributed by atoms with Crippen LogP contribution in [-0.4, -0.2) is 0 Å². The smallest absolute Gasteiger partial charge is 0.0736 e. The Hall–Kier alpha value is -7.78. The summed E-state index contributed by atoms with van der Waals surface area (Å²) in [4.78, 5) is 5.37. The van der Waals surface area contributed by atoms with Gasteiger partial charge in [-0.2, -0.15) is 0 Å². The highest BCUT2D eigenvalue weighted by molar-refractivity contribution is 9.11. The van der Waals surface area contributed by atoms with Crippen molar-refractivity contribution in [2.75, 3.05) is 0 Å². The molecule has 0 amide bonds. The fourth-order valence-corrected chi connectivity index (χ4v) is 23.5. The van der Waals surface area contributed by atoms with Gasteiger partial charge in [0.15, 0.2) is 0 Å². The molecule has 0 atom stereocenters. The number of aryl methyl sites for hydroxylation is 8. The third-order valence-electron chi connectivity index (χ3n) is 21.3. The maximum atomic E-state index is 4.11. The molecule has 4 aliphatic rings. The lowest BCUT2D eigenvalue weighted by atomic mass is 9.65. The monoisotopic (exact) mass is 1380 g/mol. The molecule has 4 aliphatic carbocycles. The van der Waals surface area contributed by atoms with Crippen LogP contribution in [0.2, 0.25) is 0 Å². The van der Waals surface area contributed by atoms with Crippen molar-refractivity contribution < 1.29 is 0 Å². The molecule has 18 rings (SSSR count). The van der Waals surface area contributed by atoms with Crippen molar-refractivity contribution in [3.63, 3.8) is 0 Å². The van der Waals surface area contributed by atoms with Crippen molar-refractivity contribution in [1.82, 2.24) is 0 Å². The molecule has 4 heterocycles. The first-order valence-corrected chi connectivity index (χ1v) is 36.6. The van der Waals surface area contributed by atoms with Crippen LogP contribution >= 0.6 is 77.2 Å². The number of halogens is 2. The van der Waals surface area contributed by atoms with Crippen LogP contribution in [0.25, 0.3) is 51.2 Å². The van der Waals surface area contributed by atoms with Crippen LogP contribution in [0.3, 0.4) is 0 Å². The second-order valence-corrected chi connectivity index (χ2v) is 33.6. The Morgan fingerprint density at radius 2 is 0.413 bits per heavy atom. The molecule has 10 aromatic carbocycles. The zero-order valence-electron chi connectivity index (χ0n) is 52.3. The summed E-state index contributed by atoms with van der Waals surface area (Å²) in [5.41, 5.74) is 33.8. The van der Waals surface area contributed by atoms with Crippen molar-refractivity contribution in [3.8, 4) is 41.8 Å². The Balaban J connectivity index is 1.01. The maximum Gasteiger partial charge on any atom is 0.0736 e. The van der Waals surface area contributed by atoms with Gasteiger partial charge in [-0.25, -0.2) is 0 Å². The lowest BCUT2D eigenvalue weighted by molar-refractivity contribution is 0.761. The third-order valence-corrected chi connectivity index (χ3v) is 27.2. The van der Waals surface area contributed by atoms with E-state index in [1.54, 1.807) is 0 Å². The number of rotatable bonds is 8. The Morgan fingerprint density at radius 1 is 0.217 bits per heavy atom. The van der Waals surface area contributed by atoms with Crippen molar-refractivity contribution in [3.05, 3.63) is 372 Å². The van der Waals surface area contributed by atoms with Crippen LogP contribution in [0.5, 0.6) is 0 Å². The molecule has 0 nitrogen and oxygen atoms in total. The highest BCUT2D eigenvalue weighted by atomic mass is 79.9. The highest BCUT2D eigenvalue weighted by Gasteiger charge is 2.58. The third kappa shape index (κ3) is 7.54. The SMILES string of the molecule is Cc1ccc(C2(c3ccc(C)cc3)c3cc4c(cc3-c3sc(Br)cc32)C(c2ccc(C)cc2)(c2ccc(C)cc2)c2c-4sc3c4c(sc23)-c2cc3c(cc2C4(c2ccc(C)cc2)c2ccc(C)cc2)-c2sc(Br)cc2C3(c2ccc(C)cc2)c2ccc(C)cc2)cc1. The minimum absolute atomic E-state index is 0.586. The molecule has 6 heteroatoms. The zero-order valence-corrected chi connectivity index (χ0v) is 58.8. The zero-order chi connectivity index (χ0) is 62.5. The topological polar surface area (TPSA) is 0 Å².